The molecule has 0 aliphatic carbocycles. The summed E-state index contributed by atoms with van der Waals surface area (Å²) < 4.78 is 0. The fourth-order valence-electron chi connectivity index (χ4n) is 1.06. The van der Waals surface area contributed by atoms with E-state index < -0.39 is 0 Å². The van der Waals surface area contributed by atoms with Crippen LogP contribution in [0.3, 0.4) is 0 Å². The third-order valence-corrected chi connectivity index (χ3v) is 2.37. The summed E-state index contributed by atoms with van der Waals surface area (Å²) in [5, 5.41) is 3.36. The van der Waals surface area contributed by atoms with Crippen LogP contribution in [-0.2, 0) is 0 Å². The van der Waals surface area contributed by atoms with E-state index in [4.69, 9.17) is 0 Å². The van der Waals surface area contributed by atoms with Crippen LogP contribution < -0.4 is 5.32 Å². The van der Waals surface area contributed by atoms with Gasteiger partial charge in [0.1, 0.15) is 0 Å². The zero-order valence-electron chi connectivity index (χ0n) is 5.99. The summed E-state index contributed by atoms with van der Waals surface area (Å²) in [6, 6.07) is 0. The van der Waals surface area contributed by atoms with Gasteiger partial charge in [-0.25, -0.2) is 0 Å². The maximum absolute atomic E-state index is 3.36. The molecule has 0 saturated carbocycles. The molecule has 48 valence electrons. The van der Waals surface area contributed by atoms with Crippen molar-refractivity contribution in [2.24, 2.45) is 11.3 Å². The molecule has 1 aliphatic heterocycles. The molecule has 0 amide bonds. The predicted octanol–water partition coefficient (Wildman–Crippen LogP) is 1.25. The first-order valence-electron chi connectivity index (χ1n) is 3.33. The Morgan fingerprint density at radius 1 is 1.50 bits per heavy atom. The Morgan fingerprint density at radius 2 is 2.12 bits per heavy atom. The third kappa shape index (κ3) is 0.873. The van der Waals surface area contributed by atoms with Crippen LogP contribution in [0, 0.1) is 11.3 Å². The second-order valence-electron chi connectivity index (χ2n) is 3.52. The van der Waals surface area contributed by atoms with Crippen molar-refractivity contribution >= 4 is 0 Å². The van der Waals surface area contributed by atoms with Crippen molar-refractivity contribution in [2.75, 3.05) is 13.1 Å². The van der Waals surface area contributed by atoms with Gasteiger partial charge in [-0.15, -0.1) is 0 Å². The van der Waals surface area contributed by atoms with E-state index in [1.165, 1.54) is 13.1 Å². The summed E-state index contributed by atoms with van der Waals surface area (Å²) in [5.74, 6) is 0.850. The highest BCUT2D eigenvalue weighted by Crippen LogP contribution is 2.28. The maximum Gasteiger partial charge on any atom is 0.000566 e. The Morgan fingerprint density at radius 3 is 2.25 bits per heavy atom. The van der Waals surface area contributed by atoms with Crippen LogP contribution in [0.5, 0.6) is 0 Å². The molecule has 0 bridgehead atoms. The van der Waals surface area contributed by atoms with E-state index in [1.54, 1.807) is 0 Å². The molecule has 0 spiro atoms. The van der Waals surface area contributed by atoms with E-state index in [0.29, 0.717) is 5.41 Å². The van der Waals surface area contributed by atoms with Crippen molar-refractivity contribution < 1.29 is 0 Å². The van der Waals surface area contributed by atoms with Crippen molar-refractivity contribution in [3.8, 4) is 0 Å². The Bertz CT molecular complexity index is 86.4. The lowest BCUT2D eigenvalue weighted by Gasteiger charge is -2.21. The van der Waals surface area contributed by atoms with Gasteiger partial charge in [-0.2, -0.15) is 0 Å². The third-order valence-electron chi connectivity index (χ3n) is 2.37. The van der Waals surface area contributed by atoms with Gasteiger partial charge >= 0.3 is 0 Å². The summed E-state index contributed by atoms with van der Waals surface area (Å²) in [6.45, 7) is 9.33. The number of rotatable bonds is 0. The lowest BCUT2D eigenvalue weighted by atomic mass is 9.84. The molecule has 0 aromatic carbocycles. The normalized spacial score (nSPS) is 35.6. The molecule has 0 unspecified atom stereocenters. The molecule has 0 radical (unpaired) electrons. The van der Waals surface area contributed by atoms with E-state index in [1.807, 2.05) is 0 Å². The van der Waals surface area contributed by atoms with Gasteiger partial charge in [0.2, 0.25) is 0 Å². The van der Waals surface area contributed by atoms with Gasteiger partial charge in [-0.05, 0) is 17.9 Å². The van der Waals surface area contributed by atoms with Crippen molar-refractivity contribution in [3.63, 3.8) is 0 Å². The Hall–Kier alpha value is -0.0400. The molecule has 1 heteroatoms. The van der Waals surface area contributed by atoms with Gasteiger partial charge < -0.3 is 5.32 Å². The molecular formula is C7H15N. The smallest absolute Gasteiger partial charge is 0.000566 e. The second-order valence-corrected chi connectivity index (χ2v) is 3.52. The van der Waals surface area contributed by atoms with Gasteiger partial charge in [0, 0.05) is 6.54 Å². The highest BCUT2D eigenvalue weighted by molar-refractivity contribution is 4.85. The zero-order valence-corrected chi connectivity index (χ0v) is 5.99. The lowest BCUT2D eigenvalue weighted by Crippen LogP contribution is -2.19. The number of hydrogen-bond donors (Lipinski definition) is 1. The molecule has 1 nitrogen and oxygen atoms in total. The first-order chi connectivity index (χ1) is 3.63. The molecule has 1 fully saturated rings. The predicted molar refractivity (Wildman–Crippen MR) is 35.8 cm³/mol. The zero-order chi connectivity index (χ0) is 6.20. The summed E-state index contributed by atoms with van der Waals surface area (Å²) in [6.07, 6.45) is 0. The van der Waals surface area contributed by atoms with Crippen LogP contribution in [0.4, 0.5) is 0 Å². The number of hydrogen-bond acceptors (Lipinski definition) is 1. The molecule has 1 saturated heterocycles. The average Bonchev–Trinajstić information content (AvgIpc) is 1.86. The molecule has 1 rings (SSSR count). The van der Waals surface area contributed by atoms with Crippen LogP contribution >= 0.6 is 0 Å². The summed E-state index contributed by atoms with van der Waals surface area (Å²) in [7, 11) is 0. The molecule has 1 aliphatic rings. The van der Waals surface area contributed by atoms with Gasteiger partial charge in [0.25, 0.3) is 0 Å². The largest absolute Gasteiger partial charge is 0.316 e. The standard InChI is InChI=1S/C7H15N/c1-6-4-8-5-7(6,2)3/h6,8H,4-5H2,1-3H3/t6-/m1/s1. The van der Waals surface area contributed by atoms with E-state index in [0.717, 1.165) is 5.92 Å². The fraction of sp³-hybridized carbons (Fsp3) is 1.00. The summed E-state index contributed by atoms with van der Waals surface area (Å²) in [4.78, 5) is 0. The maximum atomic E-state index is 3.36. The Kier molecular flexibility index (Phi) is 1.31. The molecule has 1 heterocycles. The second kappa shape index (κ2) is 1.73. The van der Waals surface area contributed by atoms with Crippen LogP contribution in [-0.4, -0.2) is 13.1 Å². The highest BCUT2D eigenvalue weighted by atomic mass is 14.9. The molecule has 0 aromatic heterocycles. The fourth-order valence-corrected chi connectivity index (χ4v) is 1.06. The average molecular weight is 113 g/mol. The van der Waals surface area contributed by atoms with Crippen molar-refractivity contribution in [3.05, 3.63) is 0 Å². The van der Waals surface area contributed by atoms with E-state index >= 15 is 0 Å². The minimum absolute atomic E-state index is 0.542. The van der Waals surface area contributed by atoms with Crippen LogP contribution in [0.15, 0.2) is 0 Å². The monoisotopic (exact) mass is 113 g/mol. The summed E-state index contributed by atoms with van der Waals surface area (Å²) in [5.41, 5.74) is 0.542. The van der Waals surface area contributed by atoms with Crippen LogP contribution in [0.25, 0.3) is 0 Å². The first kappa shape index (κ1) is 6.09. The minimum Gasteiger partial charge on any atom is -0.316 e. The lowest BCUT2D eigenvalue weighted by molar-refractivity contribution is 0.311. The van der Waals surface area contributed by atoms with E-state index in [-0.39, 0.29) is 0 Å². The Labute approximate surface area is 51.5 Å². The summed E-state index contributed by atoms with van der Waals surface area (Å²) >= 11 is 0. The van der Waals surface area contributed by atoms with Crippen LogP contribution in [0.2, 0.25) is 0 Å². The molecule has 8 heavy (non-hydrogen) atoms. The highest BCUT2D eigenvalue weighted by Gasteiger charge is 2.30. The van der Waals surface area contributed by atoms with Crippen molar-refractivity contribution in [2.45, 2.75) is 20.8 Å². The molecule has 1 N–H and O–H groups in total. The van der Waals surface area contributed by atoms with E-state index in [9.17, 15) is 0 Å². The first-order valence-corrected chi connectivity index (χ1v) is 3.33. The quantitative estimate of drug-likeness (QED) is 0.498. The molecule has 1 atom stereocenters. The van der Waals surface area contributed by atoms with Crippen molar-refractivity contribution in [1.82, 2.24) is 5.32 Å². The molecular weight excluding hydrogens is 98.1 g/mol. The Balaban J connectivity index is 2.54. The van der Waals surface area contributed by atoms with E-state index in [2.05, 4.69) is 26.1 Å². The number of nitrogens with one attached hydrogen (secondary N) is 1. The SMILES string of the molecule is C[C@@H]1CNCC1(C)C. The minimum atomic E-state index is 0.542. The van der Waals surface area contributed by atoms with Crippen LogP contribution in [0.1, 0.15) is 20.8 Å². The van der Waals surface area contributed by atoms with Gasteiger partial charge in [0.05, 0.1) is 0 Å². The van der Waals surface area contributed by atoms with Gasteiger partial charge in [-0.3, -0.25) is 0 Å². The van der Waals surface area contributed by atoms with Gasteiger partial charge in [-0.1, -0.05) is 20.8 Å². The topological polar surface area (TPSA) is 12.0 Å². The van der Waals surface area contributed by atoms with Crippen molar-refractivity contribution in [1.29, 1.82) is 0 Å². The van der Waals surface area contributed by atoms with Gasteiger partial charge in [0.15, 0.2) is 0 Å². The molecule has 0 aromatic rings.